The Morgan fingerprint density at radius 1 is 1.60 bits per heavy atom. The van der Waals surface area contributed by atoms with Crippen LogP contribution in [0.25, 0.3) is 0 Å². The molecule has 6 heteroatoms. The fraction of sp³-hybridized carbons (Fsp3) is 0.667. The van der Waals surface area contributed by atoms with Crippen LogP contribution in [0.2, 0.25) is 0 Å². The summed E-state index contributed by atoms with van der Waals surface area (Å²) < 4.78 is 1.50. The number of hydrogen-bond donors (Lipinski definition) is 1. The van der Waals surface area contributed by atoms with Crippen molar-refractivity contribution in [2.45, 2.75) is 19.4 Å². The maximum Gasteiger partial charge on any atom is 0.344 e. The zero-order valence-electron chi connectivity index (χ0n) is 8.43. The van der Waals surface area contributed by atoms with E-state index in [0.717, 1.165) is 25.9 Å². The van der Waals surface area contributed by atoms with Gasteiger partial charge >= 0.3 is 5.82 Å². The first-order chi connectivity index (χ1) is 7.27. The average Bonchev–Trinajstić information content (AvgIpc) is 2.67. The number of nitrogens with zero attached hydrogens (tertiary/aromatic N) is 3. The van der Waals surface area contributed by atoms with Crippen LogP contribution >= 0.6 is 0 Å². The van der Waals surface area contributed by atoms with Gasteiger partial charge in [0.2, 0.25) is 0 Å². The summed E-state index contributed by atoms with van der Waals surface area (Å²) in [5.41, 5.74) is 0. The maximum absolute atomic E-state index is 10.7. The number of piperidine rings is 1. The predicted octanol–water partition coefficient (Wildman–Crippen LogP) is 0.791. The molecule has 15 heavy (non-hydrogen) atoms. The van der Waals surface area contributed by atoms with Gasteiger partial charge in [0.15, 0.2) is 0 Å². The molecule has 82 valence electrons. The largest absolute Gasteiger partial charge is 0.358 e. The second kappa shape index (κ2) is 4.39. The van der Waals surface area contributed by atoms with Crippen molar-refractivity contribution < 1.29 is 4.92 Å². The van der Waals surface area contributed by atoms with Crippen LogP contribution in [0.15, 0.2) is 12.3 Å². The molecule has 0 spiro atoms. The molecule has 1 fully saturated rings. The first kappa shape index (κ1) is 10.1. The fourth-order valence-corrected chi connectivity index (χ4v) is 1.93. The Morgan fingerprint density at radius 2 is 2.33 bits per heavy atom. The van der Waals surface area contributed by atoms with Crippen LogP contribution in [0.1, 0.15) is 12.8 Å². The zero-order valence-corrected chi connectivity index (χ0v) is 8.43. The summed E-state index contributed by atoms with van der Waals surface area (Å²) in [5, 5.41) is 17.9. The van der Waals surface area contributed by atoms with Crippen LogP contribution in [0.3, 0.4) is 0 Å². The molecule has 1 aliphatic heterocycles. The molecule has 2 rings (SSSR count). The van der Waals surface area contributed by atoms with E-state index in [-0.39, 0.29) is 10.7 Å². The van der Waals surface area contributed by atoms with E-state index in [0.29, 0.717) is 12.5 Å². The number of aromatic nitrogens is 2. The average molecular weight is 210 g/mol. The van der Waals surface area contributed by atoms with Gasteiger partial charge in [0.1, 0.15) is 6.54 Å². The van der Waals surface area contributed by atoms with Gasteiger partial charge in [-0.3, -0.25) is 0 Å². The van der Waals surface area contributed by atoms with Crippen molar-refractivity contribution in [2.24, 2.45) is 5.92 Å². The highest BCUT2D eigenvalue weighted by Crippen LogP contribution is 2.17. The molecule has 1 N–H and O–H groups in total. The highest BCUT2D eigenvalue weighted by molar-refractivity contribution is 5.16. The van der Waals surface area contributed by atoms with Crippen molar-refractivity contribution in [3.63, 3.8) is 0 Å². The SMILES string of the molecule is O=[N+]([O-])c1ccnn1CC1CCNCC1. The van der Waals surface area contributed by atoms with Crippen molar-refractivity contribution in [1.29, 1.82) is 0 Å². The summed E-state index contributed by atoms with van der Waals surface area (Å²) in [5.74, 6) is 0.596. The van der Waals surface area contributed by atoms with E-state index in [2.05, 4.69) is 10.4 Å². The number of nitrogens with one attached hydrogen (secondary N) is 1. The molecular weight excluding hydrogens is 196 g/mol. The third kappa shape index (κ3) is 2.33. The maximum atomic E-state index is 10.7. The minimum Gasteiger partial charge on any atom is -0.358 e. The van der Waals surface area contributed by atoms with Crippen molar-refractivity contribution in [3.05, 3.63) is 22.4 Å². The first-order valence-electron chi connectivity index (χ1n) is 5.14. The summed E-state index contributed by atoms with van der Waals surface area (Å²) in [6.45, 7) is 2.66. The Bertz CT molecular complexity index is 344. The lowest BCUT2D eigenvalue weighted by Gasteiger charge is -2.20. The van der Waals surface area contributed by atoms with Gasteiger partial charge in [-0.25, -0.2) is 0 Å². The molecule has 1 aromatic heterocycles. The van der Waals surface area contributed by atoms with Gasteiger partial charge in [0.05, 0.1) is 12.3 Å². The Labute approximate surface area is 87.4 Å². The molecule has 2 heterocycles. The Kier molecular flexibility index (Phi) is 2.96. The standard InChI is InChI=1S/C9H14N4O2/c14-13(15)9-3-6-11-12(9)7-8-1-4-10-5-2-8/h3,6,8,10H,1-2,4-5,7H2. The second-order valence-electron chi connectivity index (χ2n) is 3.82. The van der Waals surface area contributed by atoms with E-state index < -0.39 is 0 Å². The Morgan fingerprint density at radius 3 is 3.00 bits per heavy atom. The monoisotopic (exact) mass is 210 g/mol. The van der Waals surface area contributed by atoms with Crippen LogP contribution in [-0.2, 0) is 6.54 Å². The van der Waals surface area contributed by atoms with Gasteiger partial charge in [-0.15, -0.1) is 4.68 Å². The molecule has 0 atom stereocenters. The highest BCUT2D eigenvalue weighted by Gasteiger charge is 2.20. The van der Waals surface area contributed by atoms with Crippen LogP contribution < -0.4 is 5.32 Å². The molecule has 0 aromatic carbocycles. The van der Waals surface area contributed by atoms with Crippen LogP contribution in [0.5, 0.6) is 0 Å². The number of rotatable bonds is 3. The summed E-state index contributed by atoms with van der Waals surface area (Å²) >= 11 is 0. The quantitative estimate of drug-likeness (QED) is 0.591. The third-order valence-corrected chi connectivity index (χ3v) is 2.77. The zero-order chi connectivity index (χ0) is 10.7. The van der Waals surface area contributed by atoms with Gasteiger partial charge in [-0.1, -0.05) is 5.10 Å². The fourth-order valence-electron chi connectivity index (χ4n) is 1.93. The molecule has 0 aliphatic carbocycles. The normalized spacial score (nSPS) is 17.9. The lowest BCUT2D eigenvalue weighted by molar-refractivity contribution is -0.392. The Hall–Kier alpha value is -1.43. The predicted molar refractivity (Wildman–Crippen MR) is 54.5 cm³/mol. The van der Waals surface area contributed by atoms with E-state index in [4.69, 9.17) is 0 Å². The van der Waals surface area contributed by atoms with Gasteiger partial charge in [-0.2, -0.15) is 0 Å². The third-order valence-electron chi connectivity index (χ3n) is 2.77. The smallest absolute Gasteiger partial charge is 0.344 e. The molecule has 0 radical (unpaired) electrons. The summed E-state index contributed by atoms with van der Waals surface area (Å²) in [7, 11) is 0. The van der Waals surface area contributed by atoms with Crippen LogP contribution in [0.4, 0.5) is 5.82 Å². The van der Waals surface area contributed by atoms with E-state index in [1.807, 2.05) is 0 Å². The molecule has 0 bridgehead atoms. The molecular formula is C9H14N4O2. The van der Waals surface area contributed by atoms with Crippen molar-refractivity contribution >= 4 is 5.82 Å². The summed E-state index contributed by atoms with van der Waals surface area (Å²) in [4.78, 5) is 10.3. The van der Waals surface area contributed by atoms with Crippen LogP contribution in [-0.4, -0.2) is 27.8 Å². The first-order valence-corrected chi connectivity index (χ1v) is 5.14. The van der Waals surface area contributed by atoms with Crippen molar-refractivity contribution in [2.75, 3.05) is 13.1 Å². The summed E-state index contributed by atoms with van der Waals surface area (Å²) in [6.07, 6.45) is 3.62. The van der Waals surface area contributed by atoms with E-state index in [9.17, 15) is 10.1 Å². The highest BCUT2D eigenvalue weighted by atomic mass is 16.6. The molecule has 1 aliphatic rings. The van der Waals surface area contributed by atoms with E-state index >= 15 is 0 Å². The minimum atomic E-state index is -0.381. The topological polar surface area (TPSA) is 73.0 Å². The molecule has 0 unspecified atom stereocenters. The number of nitro groups is 1. The summed E-state index contributed by atoms with van der Waals surface area (Å²) in [6, 6.07) is 1.45. The molecule has 0 amide bonds. The van der Waals surface area contributed by atoms with Crippen molar-refractivity contribution in [1.82, 2.24) is 15.1 Å². The van der Waals surface area contributed by atoms with Gasteiger partial charge < -0.3 is 15.4 Å². The minimum absolute atomic E-state index is 0.0912. The molecule has 1 saturated heterocycles. The van der Waals surface area contributed by atoms with E-state index in [1.165, 1.54) is 16.9 Å². The number of hydrogen-bond acceptors (Lipinski definition) is 4. The second-order valence-corrected chi connectivity index (χ2v) is 3.82. The lowest BCUT2D eigenvalue weighted by atomic mass is 9.98. The van der Waals surface area contributed by atoms with Gasteiger partial charge in [0, 0.05) is 5.92 Å². The molecule has 0 saturated carbocycles. The lowest BCUT2D eigenvalue weighted by Crippen LogP contribution is -2.30. The molecule has 6 nitrogen and oxygen atoms in total. The van der Waals surface area contributed by atoms with E-state index in [1.54, 1.807) is 0 Å². The van der Waals surface area contributed by atoms with Gasteiger partial charge in [-0.05, 0) is 30.9 Å². The van der Waals surface area contributed by atoms with Crippen molar-refractivity contribution in [3.8, 4) is 0 Å². The van der Waals surface area contributed by atoms with Gasteiger partial charge in [0.25, 0.3) is 0 Å². The molecule has 1 aromatic rings. The van der Waals surface area contributed by atoms with Crippen LogP contribution in [0, 0.1) is 16.0 Å². The Balaban J connectivity index is 2.03.